The van der Waals surface area contributed by atoms with Crippen LogP contribution in [0.4, 0.5) is 10.2 Å². The zero-order valence-corrected chi connectivity index (χ0v) is 20.7. The molecular formula is C26H25BrFN3O3. The summed E-state index contributed by atoms with van der Waals surface area (Å²) in [6, 6.07) is 17.8. The Labute approximate surface area is 205 Å². The summed E-state index contributed by atoms with van der Waals surface area (Å²) < 4.78 is 26.0. The summed E-state index contributed by atoms with van der Waals surface area (Å²) in [7, 11) is 0. The van der Waals surface area contributed by atoms with Gasteiger partial charge in [-0.1, -0.05) is 54.9 Å². The molecule has 0 radical (unpaired) electrons. The number of H-pyrrole nitrogens is 1. The van der Waals surface area contributed by atoms with E-state index in [-0.39, 0.29) is 30.4 Å². The average molecular weight is 526 g/mol. The average Bonchev–Trinajstić information content (AvgIpc) is 3.18. The number of fused-ring (bicyclic) bond motifs is 1. The predicted molar refractivity (Wildman–Crippen MR) is 134 cm³/mol. The number of nitrogens with one attached hydrogen (secondary N) is 2. The van der Waals surface area contributed by atoms with Gasteiger partial charge in [-0.25, -0.2) is 4.39 Å². The van der Waals surface area contributed by atoms with Crippen molar-refractivity contribution in [3.05, 3.63) is 82.1 Å². The quantitative estimate of drug-likeness (QED) is 0.294. The number of halogens is 2. The molecule has 4 aromatic rings. The van der Waals surface area contributed by atoms with Crippen molar-refractivity contribution >= 4 is 38.6 Å². The fourth-order valence-electron chi connectivity index (χ4n) is 3.35. The standard InChI is InChI=1S/C26H25BrFN3O3/c1-26(2,3)17-5-8-19(9-6-17)34-15-24(32)29-25-21-11-10-20(13-23(21)30-31-25)33-14-16-4-7-18(27)12-22(16)28/h4-13H,14-15H2,1-3H3,(H2,29,30,31,32). The number of aromatic amines is 1. The Bertz CT molecular complexity index is 1310. The number of carbonyl (C=O) groups is 1. The zero-order chi connectivity index (χ0) is 24.3. The van der Waals surface area contributed by atoms with Gasteiger partial charge in [0.15, 0.2) is 12.4 Å². The Morgan fingerprint density at radius 3 is 2.47 bits per heavy atom. The molecule has 2 N–H and O–H groups in total. The van der Waals surface area contributed by atoms with Gasteiger partial charge in [0.1, 0.15) is 23.9 Å². The topological polar surface area (TPSA) is 76.2 Å². The molecule has 8 heteroatoms. The van der Waals surface area contributed by atoms with E-state index < -0.39 is 0 Å². The zero-order valence-electron chi connectivity index (χ0n) is 19.1. The number of rotatable bonds is 7. The molecule has 6 nitrogen and oxygen atoms in total. The summed E-state index contributed by atoms with van der Waals surface area (Å²) >= 11 is 3.24. The second-order valence-electron chi connectivity index (χ2n) is 8.92. The fraction of sp³-hybridized carbons (Fsp3) is 0.231. The van der Waals surface area contributed by atoms with E-state index in [1.807, 2.05) is 24.3 Å². The minimum Gasteiger partial charge on any atom is -0.489 e. The maximum atomic E-state index is 14.0. The molecule has 0 spiro atoms. The monoisotopic (exact) mass is 525 g/mol. The molecule has 0 aliphatic heterocycles. The molecule has 0 bridgehead atoms. The Balaban J connectivity index is 1.35. The van der Waals surface area contributed by atoms with Gasteiger partial charge in [0, 0.05) is 21.5 Å². The van der Waals surface area contributed by atoms with Crippen LogP contribution >= 0.6 is 15.9 Å². The van der Waals surface area contributed by atoms with E-state index >= 15 is 0 Å². The van der Waals surface area contributed by atoms with Gasteiger partial charge in [0.25, 0.3) is 5.91 Å². The summed E-state index contributed by atoms with van der Waals surface area (Å²) in [6.45, 7) is 6.38. The fourth-order valence-corrected chi connectivity index (χ4v) is 3.68. The van der Waals surface area contributed by atoms with E-state index in [0.29, 0.717) is 32.9 Å². The molecule has 34 heavy (non-hydrogen) atoms. The third-order valence-corrected chi connectivity index (χ3v) is 5.79. The summed E-state index contributed by atoms with van der Waals surface area (Å²) in [4.78, 5) is 12.4. The first-order valence-electron chi connectivity index (χ1n) is 10.8. The second-order valence-corrected chi connectivity index (χ2v) is 9.83. The van der Waals surface area contributed by atoms with Gasteiger partial charge in [-0.15, -0.1) is 0 Å². The van der Waals surface area contributed by atoms with Crippen LogP contribution in [-0.2, 0) is 16.8 Å². The van der Waals surface area contributed by atoms with Crippen LogP contribution in [0.25, 0.3) is 10.9 Å². The predicted octanol–water partition coefficient (Wildman–Crippen LogP) is 6.36. The summed E-state index contributed by atoms with van der Waals surface area (Å²) in [5.41, 5.74) is 2.38. The molecule has 0 atom stereocenters. The van der Waals surface area contributed by atoms with E-state index in [1.54, 1.807) is 30.3 Å². The van der Waals surface area contributed by atoms with Crippen molar-refractivity contribution in [3.8, 4) is 11.5 Å². The number of ether oxygens (including phenoxy) is 2. The number of anilines is 1. The molecule has 1 amide bonds. The van der Waals surface area contributed by atoms with Crippen LogP contribution < -0.4 is 14.8 Å². The summed E-state index contributed by atoms with van der Waals surface area (Å²) in [5.74, 6) is 0.920. The van der Waals surface area contributed by atoms with Crippen molar-refractivity contribution in [2.75, 3.05) is 11.9 Å². The minimum atomic E-state index is -0.339. The van der Waals surface area contributed by atoms with Gasteiger partial charge in [0.05, 0.1) is 5.52 Å². The van der Waals surface area contributed by atoms with Gasteiger partial charge in [-0.05, 0) is 47.4 Å². The smallest absolute Gasteiger partial charge is 0.263 e. The van der Waals surface area contributed by atoms with E-state index in [9.17, 15) is 9.18 Å². The lowest BCUT2D eigenvalue weighted by Crippen LogP contribution is -2.20. The SMILES string of the molecule is CC(C)(C)c1ccc(OCC(=O)Nc2n[nH]c3cc(OCc4ccc(Br)cc4F)ccc23)cc1. The van der Waals surface area contributed by atoms with Gasteiger partial charge >= 0.3 is 0 Å². The highest BCUT2D eigenvalue weighted by Gasteiger charge is 2.14. The molecule has 176 valence electrons. The van der Waals surface area contributed by atoms with Crippen molar-refractivity contribution in [2.24, 2.45) is 0 Å². The Morgan fingerprint density at radius 1 is 1.03 bits per heavy atom. The van der Waals surface area contributed by atoms with Crippen LogP contribution in [0.1, 0.15) is 31.9 Å². The van der Waals surface area contributed by atoms with Gasteiger partial charge in [-0.2, -0.15) is 5.10 Å². The number of benzene rings is 3. The number of aromatic nitrogens is 2. The number of hydrogen-bond donors (Lipinski definition) is 2. The molecule has 4 rings (SSSR count). The third kappa shape index (κ3) is 5.75. The normalized spacial score (nSPS) is 11.4. The molecule has 3 aromatic carbocycles. The van der Waals surface area contributed by atoms with Crippen LogP contribution in [-0.4, -0.2) is 22.7 Å². The van der Waals surface area contributed by atoms with Crippen molar-refractivity contribution in [2.45, 2.75) is 32.8 Å². The van der Waals surface area contributed by atoms with Crippen LogP contribution in [0.5, 0.6) is 11.5 Å². The molecule has 0 saturated carbocycles. The van der Waals surface area contributed by atoms with Crippen molar-refractivity contribution in [3.63, 3.8) is 0 Å². The van der Waals surface area contributed by atoms with Gasteiger partial charge in [0.2, 0.25) is 0 Å². The van der Waals surface area contributed by atoms with Gasteiger partial charge in [-0.3, -0.25) is 9.89 Å². The minimum absolute atomic E-state index is 0.0525. The largest absolute Gasteiger partial charge is 0.489 e. The maximum absolute atomic E-state index is 14.0. The Kier molecular flexibility index (Phi) is 6.88. The van der Waals surface area contributed by atoms with E-state index in [0.717, 1.165) is 5.39 Å². The highest BCUT2D eigenvalue weighted by atomic mass is 79.9. The first-order chi connectivity index (χ1) is 16.2. The summed E-state index contributed by atoms with van der Waals surface area (Å²) in [6.07, 6.45) is 0. The molecule has 0 fully saturated rings. The molecule has 1 aromatic heterocycles. The lowest BCUT2D eigenvalue weighted by Gasteiger charge is -2.19. The molecular weight excluding hydrogens is 501 g/mol. The molecule has 1 heterocycles. The first kappa shape index (κ1) is 23.8. The van der Waals surface area contributed by atoms with E-state index in [2.05, 4.69) is 52.2 Å². The Morgan fingerprint density at radius 2 is 1.76 bits per heavy atom. The van der Waals surface area contributed by atoms with Crippen LogP contribution in [0, 0.1) is 5.82 Å². The van der Waals surface area contributed by atoms with Crippen molar-refractivity contribution in [1.29, 1.82) is 0 Å². The first-order valence-corrected chi connectivity index (χ1v) is 11.6. The third-order valence-electron chi connectivity index (χ3n) is 5.29. The van der Waals surface area contributed by atoms with Crippen molar-refractivity contribution in [1.82, 2.24) is 10.2 Å². The lowest BCUT2D eigenvalue weighted by molar-refractivity contribution is -0.118. The highest BCUT2D eigenvalue weighted by molar-refractivity contribution is 9.10. The Hall–Kier alpha value is -3.39. The lowest BCUT2D eigenvalue weighted by atomic mass is 9.87. The van der Waals surface area contributed by atoms with Gasteiger partial charge < -0.3 is 14.8 Å². The van der Waals surface area contributed by atoms with E-state index in [1.165, 1.54) is 11.6 Å². The number of nitrogens with zero attached hydrogens (tertiary/aromatic N) is 1. The van der Waals surface area contributed by atoms with Crippen LogP contribution in [0.2, 0.25) is 0 Å². The van der Waals surface area contributed by atoms with Crippen LogP contribution in [0.3, 0.4) is 0 Å². The number of carbonyl (C=O) groups excluding carboxylic acids is 1. The maximum Gasteiger partial charge on any atom is 0.263 e. The summed E-state index contributed by atoms with van der Waals surface area (Å²) in [5, 5.41) is 10.5. The van der Waals surface area contributed by atoms with Crippen molar-refractivity contribution < 1.29 is 18.7 Å². The molecule has 0 aliphatic carbocycles. The van der Waals surface area contributed by atoms with Crippen LogP contribution in [0.15, 0.2) is 65.1 Å². The highest BCUT2D eigenvalue weighted by Crippen LogP contribution is 2.27. The molecule has 0 saturated heterocycles. The number of hydrogen-bond acceptors (Lipinski definition) is 4. The molecule has 0 aliphatic rings. The molecule has 0 unspecified atom stereocenters. The number of amides is 1. The van der Waals surface area contributed by atoms with E-state index in [4.69, 9.17) is 9.47 Å². The second kappa shape index (κ2) is 9.85.